The molecular formula is C11H19N5O3. The summed E-state index contributed by atoms with van der Waals surface area (Å²) < 4.78 is 0. The minimum atomic E-state index is -0.548. The molecule has 0 saturated heterocycles. The maximum absolute atomic E-state index is 10.8. The maximum Gasteiger partial charge on any atom is 0.276 e. The summed E-state index contributed by atoms with van der Waals surface area (Å²) in [5, 5.41) is 23.4. The van der Waals surface area contributed by atoms with E-state index in [4.69, 9.17) is 5.84 Å². The smallest absolute Gasteiger partial charge is 0.276 e. The van der Waals surface area contributed by atoms with Crippen LogP contribution in [0.3, 0.4) is 0 Å². The summed E-state index contributed by atoms with van der Waals surface area (Å²) in [5.41, 5.74) is 1.62. The Morgan fingerprint density at radius 1 is 1.42 bits per heavy atom. The number of aromatic nitrogens is 1. The summed E-state index contributed by atoms with van der Waals surface area (Å²) in [6, 6.07) is 2.56. The Kier molecular flexibility index (Phi) is 5.02. The molecule has 19 heavy (non-hydrogen) atoms. The number of nitro groups is 1. The fraction of sp³-hybridized carbons (Fsp3) is 0.545. The lowest BCUT2D eigenvalue weighted by atomic mass is 9.94. The second-order valence-corrected chi connectivity index (χ2v) is 4.27. The highest BCUT2D eigenvalue weighted by atomic mass is 16.6. The SMILES string of the molecule is CCC(CC)(CO)Nc1cc([N+](=O)[O-])cc(NN)n1. The van der Waals surface area contributed by atoms with E-state index in [1.165, 1.54) is 12.1 Å². The van der Waals surface area contributed by atoms with Crippen LogP contribution in [-0.2, 0) is 0 Å². The van der Waals surface area contributed by atoms with Crippen LogP contribution in [0.5, 0.6) is 0 Å². The van der Waals surface area contributed by atoms with Gasteiger partial charge in [0.15, 0.2) is 0 Å². The summed E-state index contributed by atoms with van der Waals surface area (Å²) in [6.45, 7) is 3.76. The van der Waals surface area contributed by atoms with Crippen LogP contribution in [0, 0.1) is 10.1 Å². The number of nitrogens with zero attached hydrogens (tertiary/aromatic N) is 2. The van der Waals surface area contributed by atoms with Gasteiger partial charge in [0.1, 0.15) is 11.6 Å². The average molecular weight is 269 g/mol. The Morgan fingerprint density at radius 2 is 2.00 bits per heavy atom. The molecule has 8 heteroatoms. The molecule has 0 aliphatic carbocycles. The minimum absolute atomic E-state index is 0.0875. The van der Waals surface area contributed by atoms with Gasteiger partial charge in [-0.05, 0) is 12.8 Å². The molecule has 1 heterocycles. The van der Waals surface area contributed by atoms with Crippen molar-refractivity contribution in [2.45, 2.75) is 32.2 Å². The minimum Gasteiger partial charge on any atom is -0.394 e. The molecule has 8 nitrogen and oxygen atoms in total. The number of nitrogens with one attached hydrogen (secondary N) is 2. The van der Waals surface area contributed by atoms with Gasteiger partial charge in [0.2, 0.25) is 0 Å². The first-order chi connectivity index (χ1) is 9.00. The monoisotopic (exact) mass is 269 g/mol. The van der Waals surface area contributed by atoms with Crippen molar-refractivity contribution in [2.24, 2.45) is 5.84 Å². The topological polar surface area (TPSA) is 126 Å². The number of nitrogen functional groups attached to an aromatic ring is 1. The third-order valence-corrected chi connectivity index (χ3v) is 3.22. The highest BCUT2D eigenvalue weighted by molar-refractivity contribution is 5.55. The Bertz CT molecular complexity index is 440. The summed E-state index contributed by atoms with van der Waals surface area (Å²) >= 11 is 0. The molecule has 0 saturated carbocycles. The Labute approximate surface area is 111 Å². The molecule has 0 amide bonds. The van der Waals surface area contributed by atoms with Crippen LogP contribution < -0.4 is 16.6 Å². The van der Waals surface area contributed by atoms with Crippen LogP contribution in [0.15, 0.2) is 12.1 Å². The summed E-state index contributed by atoms with van der Waals surface area (Å²) in [6.07, 6.45) is 1.32. The number of aliphatic hydroxyl groups excluding tert-OH is 1. The van der Waals surface area contributed by atoms with Crippen LogP contribution >= 0.6 is 0 Å². The van der Waals surface area contributed by atoms with Gasteiger partial charge in [-0.1, -0.05) is 13.8 Å². The number of nitrogens with two attached hydrogens (primary N) is 1. The van der Waals surface area contributed by atoms with Crippen molar-refractivity contribution in [1.82, 2.24) is 4.98 Å². The molecule has 0 aliphatic heterocycles. The first-order valence-corrected chi connectivity index (χ1v) is 6.02. The first kappa shape index (κ1) is 15.1. The molecule has 0 spiro atoms. The van der Waals surface area contributed by atoms with Gasteiger partial charge in [0.05, 0.1) is 29.2 Å². The summed E-state index contributed by atoms with van der Waals surface area (Å²) in [5.74, 6) is 5.73. The van der Waals surface area contributed by atoms with Crippen LogP contribution in [0.4, 0.5) is 17.3 Å². The van der Waals surface area contributed by atoms with E-state index in [0.29, 0.717) is 18.7 Å². The molecule has 1 rings (SSSR count). The van der Waals surface area contributed by atoms with Crippen molar-refractivity contribution in [3.63, 3.8) is 0 Å². The Morgan fingerprint density at radius 3 is 2.42 bits per heavy atom. The molecule has 1 aromatic rings. The van der Waals surface area contributed by atoms with E-state index in [1.54, 1.807) is 0 Å². The largest absolute Gasteiger partial charge is 0.394 e. The Hall–Kier alpha value is -1.93. The summed E-state index contributed by atoms with van der Waals surface area (Å²) in [7, 11) is 0. The molecule has 0 bridgehead atoms. The van der Waals surface area contributed by atoms with Crippen molar-refractivity contribution in [3.8, 4) is 0 Å². The van der Waals surface area contributed by atoms with Crippen molar-refractivity contribution in [2.75, 3.05) is 17.3 Å². The molecule has 106 valence electrons. The van der Waals surface area contributed by atoms with Gasteiger partial charge in [-0.2, -0.15) is 0 Å². The predicted octanol–water partition coefficient (Wildman–Crippen LogP) is 1.24. The van der Waals surface area contributed by atoms with E-state index < -0.39 is 10.5 Å². The zero-order valence-electron chi connectivity index (χ0n) is 11.0. The zero-order chi connectivity index (χ0) is 14.5. The van der Waals surface area contributed by atoms with Gasteiger partial charge in [-0.15, -0.1) is 0 Å². The number of hydrazine groups is 1. The maximum atomic E-state index is 10.8. The quantitative estimate of drug-likeness (QED) is 0.333. The van der Waals surface area contributed by atoms with E-state index >= 15 is 0 Å². The van der Waals surface area contributed by atoms with Gasteiger partial charge in [-0.3, -0.25) is 10.1 Å². The second kappa shape index (κ2) is 6.30. The first-order valence-electron chi connectivity index (χ1n) is 6.02. The molecule has 1 aromatic heterocycles. The van der Waals surface area contributed by atoms with Gasteiger partial charge < -0.3 is 15.8 Å². The molecule has 0 radical (unpaired) electrons. The zero-order valence-corrected chi connectivity index (χ0v) is 11.0. The van der Waals surface area contributed by atoms with Gasteiger partial charge in [0, 0.05) is 0 Å². The molecule has 0 aromatic carbocycles. The summed E-state index contributed by atoms with van der Waals surface area (Å²) in [4.78, 5) is 14.4. The van der Waals surface area contributed by atoms with E-state index in [0.717, 1.165) is 0 Å². The fourth-order valence-corrected chi connectivity index (χ4v) is 1.72. The number of hydrogen-bond donors (Lipinski definition) is 4. The average Bonchev–Trinajstić information content (AvgIpc) is 2.44. The van der Waals surface area contributed by atoms with Crippen LogP contribution in [0.25, 0.3) is 0 Å². The number of pyridine rings is 1. The van der Waals surface area contributed by atoms with Crippen molar-refractivity contribution >= 4 is 17.3 Å². The standard InChI is InChI=1S/C11H19N5O3/c1-3-11(4-2,7-17)14-9-5-8(16(18)19)6-10(13-9)15-12/h5-6,17H,3-4,7,12H2,1-2H3,(H2,13,14,15). The van der Waals surface area contributed by atoms with Gasteiger partial charge in [-0.25, -0.2) is 10.8 Å². The van der Waals surface area contributed by atoms with E-state index in [9.17, 15) is 15.2 Å². The second-order valence-electron chi connectivity index (χ2n) is 4.27. The molecule has 5 N–H and O–H groups in total. The highest BCUT2D eigenvalue weighted by Crippen LogP contribution is 2.25. The van der Waals surface area contributed by atoms with E-state index in [-0.39, 0.29) is 18.1 Å². The lowest BCUT2D eigenvalue weighted by Crippen LogP contribution is -2.41. The third kappa shape index (κ3) is 3.52. The van der Waals surface area contributed by atoms with Gasteiger partial charge in [0.25, 0.3) is 5.69 Å². The highest BCUT2D eigenvalue weighted by Gasteiger charge is 2.26. The molecular weight excluding hydrogens is 250 g/mol. The third-order valence-electron chi connectivity index (χ3n) is 3.22. The van der Waals surface area contributed by atoms with Crippen molar-refractivity contribution < 1.29 is 10.0 Å². The number of anilines is 2. The normalized spacial score (nSPS) is 11.2. The lowest BCUT2D eigenvalue weighted by Gasteiger charge is -2.31. The number of rotatable bonds is 7. The van der Waals surface area contributed by atoms with Crippen LogP contribution in [-0.4, -0.2) is 27.2 Å². The molecule has 0 unspecified atom stereocenters. The predicted molar refractivity (Wildman–Crippen MR) is 72.7 cm³/mol. The number of hydrogen-bond acceptors (Lipinski definition) is 7. The van der Waals surface area contributed by atoms with Crippen LogP contribution in [0.2, 0.25) is 0 Å². The van der Waals surface area contributed by atoms with E-state index in [2.05, 4.69) is 15.7 Å². The lowest BCUT2D eigenvalue weighted by molar-refractivity contribution is -0.384. The van der Waals surface area contributed by atoms with Gasteiger partial charge >= 0.3 is 0 Å². The van der Waals surface area contributed by atoms with Crippen molar-refractivity contribution in [1.29, 1.82) is 0 Å². The molecule has 0 atom stereocenters. The molecule has 0 fully saturated rings. The molecule has 0 aliphatic rings. The fourth-order valence-electron chi connectivity index (χ4n) is 1.72. The van der Waals surface area contributed by atoms with E-state index in [1.807, 2.05) is 13.8 Å². The Balaban J connectivity index is 3.12. The number of aliphatic hydroxyl groups is 1. The van der Waals surface area contributed by atoms with Crippen molar-refractivity contribution in [3.05, 3.63) is 22.2 Å². The van der Waals surface area contributed by atoms with Crippen LogP contribution in [0.1, 0.15) is 26.7 Å².